The number of pyridine rings is 1. The number of ether oxygens (including phenoxy) is 1. The Morgan fingerprint density at radius 3 is 3.00 bits per heavy atom. The molecule has 100 valence electrons. The van der Waals surface area contributed by atoms with Gasteiger partial charge in [-0.2, -0.15) is 0 Å². The molecule has 20 heavy (non-hydrogen) atoms. The summed E-state index contributed by atoms with van der Waals surface area (Å²) >= 11 is 0. The molecule has 4 nitrogen and oxygen atoms in total. The van der Waals surface area contributed by atoms with Gasteiger partial charge in [-0.15, -0.1) is 0 Å². The molecule has 0 saturated heterocycles. The molecule has 2 heterocycles. The Kier molecular flexibility index (Phi) is 3.16. The third-order valence-electron chi connectivity index (χ3n) is 2.89. The maximum Gasteiger partial charge on any atom is 0.153 e. The smallest absolute Gasteiger partial charge is 0.153 e. The second-order valence-electron chi connectivity index (χ2n) is 4.29. The molecule has 0 radical (unpaired) electrons. The lowest BCUT2D eigenvalue weighted by Crippen LogP contribution is -1.99. The first-order chi connectivity index (χ1) is 9.76. The summed E-state index contributed by atoms with van der Waals surface area (Å²) in [4.78, 5) is 15.2. The Balaban J connectivity index is 1.80. The monoisotopic (exact) mass is 270 g/mol. The van der Waals surface area contributed by atoms with Crippen molar-refractivity contribution >= 4 is 11.9 Å². The number of rotatable bonds is 4. The number of aromatic nitrogens is 2. The average Bonchev–Trinajstić information content (AvgIpc) is 2.88. The average molecular weight is 270 g/mol. The molecule has 0 unspecified atom stereocenters. The highest BCUT2D eigenvalue weighted by Gasteiger charge is 2.07. The second-order valence-corrected chi connectivity index (χ2v) is 4.29. The van der Waals surface area contributed by atoms with Gasteiger partial charge in [0, 0.05) is 12.4 Å². The van der Waals surface area contributed by atoms with Gasteiger partial charge in [-0.1, -0.05) is 6.07 Å². The predicted octanol–water partition coefficient (Wildman–Crippen LogP) is 2.86. The summed E-state index contributed by atoms with van der Waals surface area (Å²) in [5.74, 6) is -0.120. The highest BCUT2D eigenvalue weighted by Crippen LogP contribution is 2.19. The SMILES string of the molecule is O=Cc1cc(F)ccc1OCc1cn2ccccc2n1. The van der Waals surface area contributed by atoms with Crippen LogP contribution in [0.5, 0.6) is 5.75 Å². The minimum absolute atomic E-state index is 0.189. The maximum absolute atomic E-state index is 13.0. The number of imidazole rings is 1. The van der Waals surface area contributed by atoms with Crippen molar-refractivity contribution in [3.63, 3.8) is 0 Å². The number of nitrogens with zero attached hydrogens (tertiary/aromatic N) is 2. The molecule has 0 aliphatic carbocycles. The molecule has 3 aromatic rings. The zero-order valence-corrected chi connectivity index (χ0v) is 10.5. The lowest BCUT2D eigenvalue weighted by molar-refractivity contribution is 0.111. The number of hydrogen-bond acceptors (Lipinski definition) is 3. The third-order valence-corrected chi connectivity index (χ3v) is 2.89. The molecule has 0 aliphatic rings. The Morgan fingerprint density at radius 2 is 2.20 bits per heavy atom. The Labute approximate surface area is 114 Å². The van der Waals surface area contributed by atoms with Gasteiger partial charge in [-0.3, -0.25) is 4.79 Å². The molecule has 0 fully saturated rings. The molecule has 0 atom stereocenters. The van der Waals surface area contributed by atoms with Crippen LogP contribution in [0.4, 0.5) is 4.39 Å². The summed E-state index contributed by atoms with van der Waals surface area (Å²) < 4.78 is 20.4. The Morgan fingerprint density at radius 1 is 1.30 bits per heavy atom. The van der Waals surface area contributed by atoms with Gasteiger partial charge in [-0.05, 0) is 30.3 Å². The Bertz CT molecular complexity index is 734. The van der Waals surface area contributed by atoms with E-state index in [1.807, 2.05) is 35.0 Å². The first-order valence-corrected chi connectivity index (χ1v) is 6.06. The number of carbonyl (C=O) groups is 1. The van der Waals surface area contributed by atoms with Gasteiger partial charge < -0.3 is 9.14 Å². The van der Waals surface area contributed by atoms with Crippen molar-refractivity contribution in [2.45, 2.75) is 6.61 Å². The fourth-order valence-electron chi connectivity index (χ4n) is 1.95. The lowest BCUT2D eigenvalue weighted by atomic mass is 10.2. The van der Waals surface area contributed by atoms with Crippen molar-refractivity contribution in [3.05, 3.63) is 65.9 Å². The topological polar surface area (TPSA) is 43.6 Å². The van der Waals surface area contributed by atoms with Crippen LogP contribution in [-0.2, 0) is 6.61 Å². The minimum atomic E-state index is -0.466. The third kappa shape index (κ3) is 2.38. The van der Waals surface area contributed by atoms with E-state index in [0.717, 1.165) is 17.4 Å². The number of benzene rings is 1. The standard InChI is InChI=1S/C15H11FN2O2/c16-12-4-5-14(11(7-12)9-19)20-10-13-8-18-6-2-1-3-15(18)17-13/h1-9H,10H2. The number of hydrogen-bond donors (Lipinski definition) is 0. The highest BCUT2D eigenvalue weighted by molar-refractivity contribution is 5.79. The second kappa shape index (κ2) is 5.13. The van der Waals surface area contributed by atoms with Crippen molar-refractivity contribution < 1.29 is 13.9 Å². The van der Waals surface area contributed by atoms with Crippen molar-refractivity contribution in [2.75, 3.05) is 0 Å². The summed E-state index contributed by atoms with van der Waals surface area (Å²) in [7, 11) is 0. The summed E-state index contributed by atoms with van der Waals surface area (Å²) in [6.45, 7) is 0.216. The van der Waals surface area contributed by atoms with Crippen LogP contribution in [0.1, 0.15) is 16.1 Å². The van der Waals surface area contributed by atoms with E-state index in [0.29, 0.717) is 12.0 Å². The van der Waals surface area contributed by atoms with Crippen LogP contribution in [0.2, 0.25) is 0 Å². The van der Waals surface area contributed by atoms with Gasteiger partial charge in [0.15, 0.2) is 6.29 Å². The van der Waals surface area contributed by atoms with Crippen LogP contribution >= 0.6 is 0 Å². The van der Waals surface area contributed by atoms with E-state index in [-0.39, 0.29) is 12.2 Å². The number of carbonyl (C=O) groups excluding carboxylic acids is 1. The summed E-state index contributed by atoms with van der Waals surface area (Å²) in [5.41, 5.74) is 1.74. The summed E-state index contributed by atoms with van der Waals surface area (Å²) in [6, 6.07) is 9.53. The normalized spacial score (nSPS) is 10.7. The van der Waals surface area contributed by atoms with E-state index in [4.69, 9.17) is 4.74 Å². The molecule has 5 heteroatoms. The molecule has 3 rings (SSSR count). The Hall–Kier alpha value is -2.69. The quantitative estimate of drug-likeness (QED) is 0.685. The molecule has 0 spiro atoms. The van der Waals surface area contributed by atoms with Crippen LogP contribution in [0, 0.1) is 5.82 Å². The van der Waals surface area contributed by atoms with Crippen molar-refractivity contribution in [2.24, 2.45) is 0 Å². The van der Waals surface area contributed by atoms with E-state index in [9.17, 15) is 9.18 Å². The molecule has 0 aliphatic heterocycles. The summed E-state index contributed by atoms with van der Waals surface area (Å²) in [5, 5.41) is 0. The van der Waals surface area contributed by atoms with Gasteiger partial charge in [-0.25, -0.2) is 9.37 Å². The molecule has 0 bridgehead atoms. The van der Waals surface area contributed by atoms with Crippen LogP contribution in [-0.4, -0.2) is 15.7 Å². The first-order valence-electron chi connectivity index (χ1n) is 6.06. The predicted molar refractivity (Wildman–Crippen MR) is 71.3 cm³/mol. The number of aldehydes is 1. The molecular weight excluding hydrogens is 259 g/mol. The van der Waals surface area contributed by atoms with Gasteiger partial charge in [0.1, 0.15) is 23.8 Å². The van der Waals surface area contributed by atoms with Crippen LogP contribution in [0.25, 0.3) is 5.65 Å². The fraction of sp³-hybridized carbons (Fsp3) is 0.0667. The van der Waals surface area contributed by atoms with Crippen molar-refractivity contribution in [3.8, 4) is 5.75 Å². The van der Waals surface area contributed by atoms with Gasteiger partial charge >= 0.3 is 0 Å². The molecule has 1 aromatic carbocycles. The van der Waals surface area contributed by atoms with Gasteiger partial charge in [0.2, 0.25) is 0 Å². The molecular formula is C15H11FN2O2. The summed E-state index contributed by atoms with van der Waals surface area (Å²) in [6.07, 6.45) is 4.31. The molecule has 0 N–H and O–H groups in total. The fourth-order valence-corrected chi connectivity index (χ4v) is 1.95. The zero-order chi connectivity index (χ0) is 13.9. The first kappa shape index (κ1) is 12.3. The van der Waals surface area contributed by atoms with Crippen LogP contribution in [0.15, 0.2) is 48.8 Å². The van der Waals surface area contributed by atoms with E-state index in [1.165, 1.54) is 12.1 Å². The van der Waals surface area contributed by atoms with E-state index in [1.54, 1.807) is 0 Å². The van der Waals surface area contributed by atoms with Gasteiger partial charge in [0.25, 0.3) is 0 Å². The van der Waals surface area contributed by atoms with Crippen LogP contribution < -0.4 is 4.74 Å². The van der Waals surface area contributed by atoms with Gasteiger partial charge in [0.05, 0.1) is 11.3 Å². The number of fused-ring (bicyclic) bond motifs is 1. The molecule has 0 amide bonds. The number of halogens is 1. The van der Waals surface area contributed by atoms with E-state index in [2.05, 4.69) is 4.98 Å². The van der Waals surface area contributed by atoms with E-state index >= 15 is 0 Å². The lowest BCUT2D eigenvalue weighted by Gasteiger charge is -2.06. The highest BCUT2D eigenvalue weighted by atomic mass is 19.1. The molecule has 0 saturated carbocycles. The maximum atomic E-state index is 13.0. The zero-order valence-electron chi connectivity index (χ0n) is 10.5. The van der Waals surface area contributed by atoms with Crippen molar-refractivity contribution in [1.82, 2.24) is 9.38 Å². The minimum Gasteiger partial charge on any atom is -0.486 e. The largest absolute Gasteiger partial charge is 0.486 e. The van der Waals surface area contributed by atoms with Crippen molar-refractivity contribution in [1.29, 1.82) is 0 Å². The molecule has 2 aromatic heterocycles. The van der Waals surface area contributed by atoms with E-state index < -0.39 is 5.82 Å². The van der Waals surface area contributed by atoms with Crippen LogP contribution in [0.3, 0.4) is 0 Å².